The van der Waals surface area contributed by atoms with Crippen LogP contribution < -0.4 is 5.14 Å². The van der Waals surface area contributed by atoms with Crippen LogP contribution in [0.2, 0.25) is 0 Å². The monoisotopic (exact) mass is 338 g/mol. The Kier molecular flexibility index (Phi) is 5.95. The number of nitrogens with two attached hydrogens (primary N) is 1. The van der Waals surface area contributed by atoms with Gasteiger partial charge in [-0.25, -0.2) is 13.6 Å². The molecule has 124 valence electrons. The second kappa shape index (κ2) is 7.10. The van der Waals surface area contributed by atoms with Crippen molar-refractivity contribution < 1.29 is 26.4 Å². The van der Waals surface area contributed by atoms with Gasteiger partial charge in [-0.15, -0.1) is 0 Å². The lowest BCUT2D eigenvalue weighted by atomic mass is 10.1. The Morgan fingerprint density at radius 3 is 2.50 bits per heavy atom. The molecule has 5 nitrogen and oxygen atoms in total. The number of rotatable bonds is 6. The van der Waals surface area contributed by atoms with E-state index in [1.54, 1.807) is 0 Å². The maximum atomic E-state index is 12.6. The standard InChI is InChI=1S/C13H17F3N2O3S/c1-18(12(19)6-3-7-22(17,20)21)9-10-4-2-5-11(8-10)13(14,15)16/h2,4-5,8H,3,6-7,9H2,1H3,(H2,17,20,21). The summed E-state index contributed by atoms with van der Waals surface area (Å²) in [6.07, 6.45) is -4.40. The lowest BCUT2D eigenvalue weighted by molar-refractivity contribution is -0.137. The van der Waals surface area contributed by atoms with Gasteiger partial charge in [0.1, 0.15) is 0 Å². The van der Waals surface area contributed by atoms with Gasteiger partial charge in [-0.05, 0) is 24.1 Å². The summed E-state index contributed by atoms with van der Waals surface area (Å²) in [5, 5.41) is 4.82. The molecule has 0 aliphatic rings. The van der Waals surface area contributed by atoms with Crippen LogP contribution in [0, 0.1) is 0 Å². The van der Waals surface area contributed by atoms with Crippen LogP contribution in [0.25, 0.3) is 0 Å². The van der Waals surface area contributed by atoms with Gasteiger partial charge in [0.2, 0.25) is 15.9 Å². The number of hydrogen-bond acceptors (Lipinski definition) is 3. The maximum Gasteiger partial charge on any atom is 0.416 e. The minimum Gasteiger partial charge on any atom is -0.341 e. The summed E-state index contributed by atoms with van der Waals surface area (Å²) in [5.41, 5.74) is -0.433. The highest BCUT2D eigenvalue weighted by atomic mass is 32.2. The Hall–Kier alpha value is -1.61. The molecule has 1 aromatic carbocycles. The summed E-state index contributed by atoms with van der Waals surface area (Å²) in [6.45, 7) is 0.0120. The fraction of sp³-hybridized carbons (Fsp3) is 0.462. The van der Waals surface area contributed by atoms with Gasteiger partial charge in [0.05, 0.1) is 11.3 Å². The lowest BCUT2D eigenvalue weighted by Gasteiger charge is -2.18. The molecule has 0 unspecified atom stereocenters. The van der Waals surface area contributed by atoms with Crippen molar-refractivity contribution in [1.29, 1.82) is 0 Å². The highest BCUT2D eigenvalue weighted by Crippen LogP contribution is 2.29. The molecule has 0 aliphatic carbocycles. The minimum atomic E-state index is -4.44. The zero-order valence-electron chi connectivity index (χ0n) is 11.9. The topological polar surface area (TPSA) is 80.5 Å². The summed E-state index contributed by atoms with van der Waals surface area (Å²) >= 11 is 0. The molecule has 22 heavy (non-hydrogen) atoms. The van der Waals surface area contributed by atoms with E-state index >= 15 is 0 Å². The summed E-state index contributed by atoms with van der Waals surface area (Å²) in [4.78, 5) is 13.0. The molecular weight excluding hydrogens is 321 g/mol. The molecule has 0 saturated carbocycles. The molecule has 1 rings (SSSR count). The summed E-state index contributed by atoms with van der Waals surface area (Å²) < 4.78 is 59.3. The number of hydrogen-bond donors (Lipinski definition) is 1. The first-order valence-electron chi connectivity index (χ1n) is 6.39. The van der Waals surface area contributed by atoms with Crippen molar-refractivity contribution in [3.63, 3.8) is 0 Å². The van der Waals surface area contributed by atoms with Gasteiger partial charge in [-0.1, -0.05) is 12.1 Å². The van der Waals surface area contributed by atoms with Crippen molar-refractivity contribution in [2.45, 2.75) is 25.6 Å². The van der Waals surface area contributed by atoms with Crippen molar-refractivity contribution in [1.82, 2.24) is 4.90 Å². The summed E-state index contributed by atoms with van der Waals surface area (Å²) in [7, 11) is -2.18. The lowest BCUT2D eigenvalue weighted by Crippen LogP contribution is -2.27. The number of alkyl halides is 3. The van der Waals surface area contributed by atoms with Crippen LogP contribution in [0.3, 0.4) is 0 Å². The van der Waals surface area contributed by atoms with Gasteiger partial charge in [-0.3, -0.25) is 4.79 Å². The molecule has 9 heteroatoms. The van der Waals surface area contributed by atoms with Gasteiger partial charge in [0, 0.05) is 20.0 Å². The van der Waals surface area contributed by atoms with Crippen molar-refractivity contribution in [2.75, 3.05) is 12.8 Å². The van der Waals surface area contributed by atoms with Crippen LogP contribution in [0.15, 0.2) is 24.3 Å². The molecule has 1 aromatic rings. The van der Waals surface area contributed by atoms with Crippen molar-refractivity contribution in [3.05, 3.63) is 35.4 Å². The third-order valence-corrected chi connectivity index (χ3v) is 3.78. The highest BCUT2D eigenvalue weighted by molar-refractivity contribution is 7.89. The Labute approximate surface area is 127 Å². The van der Waals surface area contributed by atoms with E-state index in [9.17, 15) is 26.4 Å². The minimum absolute atomic E-state index is 0.0120. The van der Waals surface area contributed by atoms with Gasteiger partial charge in [-0.2, -0.15) is 13.2 Å². The molecule has 1 amide bonds. The van der Waals surface area contributed by atoms with Crippen LogP contribution >= 0.6 is 0 Å². The maximum absolute atomic E-state index is 12.6. The molecule has 0 heterocycles. The second-order valence-electron chi connectivity index (χ2n) is 4.92. The molecule has 0 fully saturated rings. The molecule has 0 aliphatic heterocycles. The fourth-order valence-corrected chi connectivity index (χ4v) is 2.37. The molecule has 2 N–H and O–H groups in total. The summed E-state index contributed by atoms with van der Waals surface area (Å²) in [6, 6.07) is 4.70. The average Bonchev–Trinajstić information content (AvgIpc) is 2.36. The van der Waals surface area contributed by atoms with Crippen LogP contribution in [0.4, 0.5) is 13.2 Å². The van der Waals surface area contributed by atoms with E-state index in [0.717, 1.165) is 12.1 Å². The van der Waals surface area contributed by atoms with Crippen LogP contribution in [-0.2, 0) is 27.5 Å². The molecule has 0 aromatic heterocycles. The molecule has 0 radical (unpaired) electrons. The molecular formula is C13H17F3N2O3S. The van der Waals surface area contributed by atoms with Gasteiger partial charge in [0.25, 0.3) is 0 Å². The molecule has 0 spiro atoms. The number of sulfonamides is 1. The zero-order valence-corrected chi connectivity index (χ0v) is 12.7. The van der Waals surface area contributed by atoms with Gasteiger partial charge in [0.15, 0.2) is 0 Å². The third-order valence-electron chi connectivity index (χ3n) is 2.92. The van der Waals surface area contributed by atoms with Crippen LogP contribution in [-0.4, -0.2) is 32.0 Å². The predicted molar refractivity (Wildman–Crippen MR) is 75.1 cm³/mol. The smallest absolute Gasteiger partial charge is 0.341 e. The number of primary sulfonamides is 1. The number of halogens is 3. The zero-order chi connectivity index (χ0) is 17.0. The Morgan fingerprint density at radius 1 is 1.32 bits per heavy atom. The second-order valence-corrected chi connectivity index (χ2v) is 6.65. The third kappa shape index (κ3) is 6.44. The van der Waals surface area contributed by atoms with Crippen molar-refractivity contribution in [3.8, 4) is 0 Å². The molecule has 0 bridgehead atoms. The highest BCUT2D eigenvalue weighted by Gasteiger charge is 2.30. The normalized spacial score (nSPS) is 12.2. The van der Waals surface area contributed by atoms with Crippen molar-refractivity contribution in [2.24, 2.45) is 5.14 Å². The van der Waals surface area contributed by atoms with E-state index in [0.29, 0.717) is 5.56 Å². The average molecular weight is 338 g/mol. The number of nitrogens with zero attached hydrogens (tertiary/aromatic N) is 1. The number of amides is 1. The molecule has 0 atom stereocenters. The largest absolute Gasteiger partial charge is 0.416 e. The van der Waals surface area contributed by atoms with E-state index in [-0.39, 0.29) is 31.0 Å². The fourth-order valence-electron chi connectivity index (χ4n) is 1.82. The summed E-state index contributed by atoms with van der Waals surface area (Å²) in [5.74, 6) is -0.670. The van der Waals surface area contributed by atoms with E-state index in [2.05, 4.69) is 0 Å². The Balaban J connectivity index is 2.61. The van der Waals surface area contributed by atoms with Crippen molar-refractivity contribution >= 4 is 15.9 Å². The van der Waals surface area contributed by atoms with E-state index in [1.165, 1.54) is 24.1 Å². The van der Waals surface area contributed by atoms with Crippen LogP contribution in [0.1, 0.15) is 24.0 Å². The molecule has 0 saturated heterocycles. The first-order chi connectivity index (χ1) is 9.99. The number of carbonyl (C=O) groups excluding carboxylic acids is 1. The quantitative estimate of drug-likeness (QED) is 0.858. The van der Waals surface area contributed by atoms with Gasteiger partial charge >= 0.3 is 6.18 Å². The van der Waals surface area contributed by atoms with E-state index in [1.807, 2.05) is 0 Å². The van der Waals surface area contributed by atoms with E-state index in [4.69, 9.17) is 5.14 Å². The van der Waals surface area contributed by atoms with Gasteiger partial charge < -0.3 is 4.90 Å². The number of carbonyl (C=O) groups is 1. The Morgan fingerprint density at radius 2 is 1.95 bits per heavy atom. The Bertz CT molecular complexity index is 630. The van der Waals surface area contributed by atoms with Crippen LogP contribution in [0.5, 0.6) is 0 Å². The first-order valence-corrected chi connectivity index (χ1v) is 8.11. The first kappa shape index (κ1) is 18.4. The van der Waals surface area contributed by atoms with E-state index < -0.39 is 21.8 Å². The number of benzene rings is 1. The SMILES string of the molecule is CN(Cc1cccc(C(F)(F)F)c1)C(=O)CCCS(N)(=O)=O. The predicted octanol–water partition coefficient (Wildman–Crippen LogP) is 1.73.